The van der Waals surface area contributed by atoms with E-state index in [0.717, 1.165) is 0 Å². The smallest absolute Gasteiger partial charge is 0.306 e. The van der Waals surface area contributed by atoms with Crippen LogP contribution in [0.3, 0.4) is 0 Å². The van der Waals surface area contributed by atoms with Crippen LogP contribution in [0.15, 0.2) is 24.3 Å². The zero-order valence-electron chi connectivity index (χ0n) is 10.4. The maximum absolute atomic E-state index is 12.7. The van der Waals surface area contributed by atoms with Crippen LogP contribution in [-0.2, 0) is 4.79 Å². The third-order valence-corrected chi connectivity index (χ3v) is 3.52. The van der Waals surface area contributed by atoms with E-state index in [2.05, 4.69) is 5.32 Å². The summed E-state index contributed by atoms with van der Waals surface area (Å²) in [7, 11) is 0. The number of carbonyl (C=O) groups excluding carboxylic acids is 1. The molecule has 2 N–H and O–H groups in total. The number of hydrogen-bond acceptors (Lipinski definition) is 2. The molecule has 0 aromatic heterocycles. The highest BCUT2D eigenvalue weighted by Gasteiger charge is 2.26. The predicted octanol–water partition coefficient (Wildman–Crippen LogP) is 2.20. The van der Waals surface area contributed by atoms with Crippen molar-refractivity contribution < 1.29 is 19.1 Å². The van der Waals surface area contributed by atoms with Gasteiger partial charge in [-0.05, 0) is 49.9 Å². The molecule has 0 atom stereocenters. The van der Waals surface area contributed by atoms with Crippen LogP contribution in [0.25, 0.3) is 0 Å². The lowest BCUT2D eigenvalue weighted by Crippen LogP contribution is -2.38. The molecule has 1 aromatic rings. The van der Waals surface area contributed by atoms with Gasteiger partial charge in [-0.2, -0.15) is 0 Å². The van der Waals surface area contributed by atoms with E-state index in [0.29, 0.717) is 31.2 Å². The number of carbonyl (C=O) groups is 2. The molecule has 1 amide bonds. The van der Waals surface area contributed by atoms with Crippen LogP contribution in [0.1, 0.15) is 36.0 Å². The third kappa shape index (κ3) is 3.53. The van der Waals surface area contributed by atoms with Crippen LogP contribution < -0.4 is 5.32 Å². The first-order chi connectivity index (χ1) is 9.06. The fraction of sp³-hybridized carbons (Fsp3) is 0.429. The van der Waals surface area contributed by atoms with Crippen LogP contribution in [0.5, 0.6) is 0 Å². The van der Waals surface area contributed by atoms with Gasteiger partial charge < -0.3 is 10.4 Å². The number of rotatable bonds is 3. The van der Waals surface area contributed by atoms with Gasteiger partial charge in [0.25, 0.3) is 5.91 Å². The molecule has 2 rings (SSSR count). The summed E-state index contributed by atoms with van der Waals surface area (Å²) in [6.07, 6.45) is 2.52. The van der Waals surface area contributed by atoms with Crippen molar-refractivity contribution in [3.05, 3.63) is 35.6 Å². The highest BCUT2D eigenvalue weighted by atomic mass is 19.1. The monoisotopic (exact) mass is 265 g/mol. The van der Waals surface area contributed by atoms with Gasteiger partial charge >= 0.3 is 5.97 Å². The van der Waals surface area contributed by atoms with Gasteiger partial charge in [0.1, 0.15) is 5.82 Å². The molecule has 0 saturated heterocycles. The molecule has 1 saturated carbocycles. The number of amides is 1. The number of carboxylic acids is 1. The van der Waals surface area contributed by atoms with Gasteiger partial charge in [-0.25, -0.2) is 4.39 Å². The Kier molecular flexibility index (Phi) is 4.14. The van der Waals surface area contributed by atoms with Crippen LogP contribution in [0, 0.1) is 11.7 Å². The number of nitrogens with one attached hydrogen (secondary N) is 1. The van der Waals surface area contributed by atoms with Crippen molar-refractivity contribution in [3.63, 3.8) is 0 Å². The summed E-state index contributed by atoms with van der Waals surface area (Å²) in [6, 6.07) is 5.38. The normalized spacial score (nSPS) is 22.8. The Hall–Kier alpha value is -1.91. The fourth-order valence-corrected chi connectivity index (χ4v) is 2.35. The average Bonchev–Trinajstić information content (AvgIpc) is 2.40. The molecule has 1 aromatic carbocycles. The van der Waals surface area contributed by atoms with Crippen LogP contribution in [0.4, 0.5) is 4.39 Å². The van der Waals surface area contributed by atoms with Crippen molar-refractivity contribution in [2.45, 2.75) is 31.7 Å². The molecular weight excluding hydrogens is 249 g/mol. The lowest BCUT2D eigenvalue weighted by Gasteiger charge is -2.26. The maximum atomic E-state index is 12.7. The Balaban J connectivity index is 1.87. The molecule has 0 unspecified atom stereocenters. The van der Waals surface area contributed by atoms with Gasteiger partial charge in [-0.3, -0.25) is 9.59 Å². The fourth-order valence-electron chi connectivity index (χ4n) is 2.35. The molecule has 1 aliphatic rings. The Labute approximate surface area is 110 Å². The minimum atomic E-state index is -0.761. The zero-order valence-corrected chi connectivity index (χ0v) is 10.4. The first-order valence-corrected chi connectivity index (χ1v) is 6.35. The molecule has 1 aliphatic carbocycles. The van der Waals surface area contributed by atoms with Crippen molar-refractivity contribution in [1.29, 1.82) is 0 Å². The van der Waals surface area contributed by atoms with Crippen molar-refractivity contribution in [2.75, 3.05) is 0 Å². The number of aliphatic carboxylic acids is 1. The second-order valence-corrected chi connectivity index (χ2v) is 4.87. The molecule has 19 heavy (non-hydrogen) atoms. The van der Waals surface area contributed by atoms with Gasteiger partial charge in [0, 0.05) is 11.6 Å². The summed E-state index contributed by atoms with van der Waals surface area (Å²) < 4.78 is 12.7. The first kappa shape index (κ1) is 13.5. The maximum Gasteiger partial charge on any atom is 0.306 e. The minimum Gasteiger partial charge on any atom is -0.481 e. The minimum absolute atomic E-state index is 0.00755. The van der Waals surface area contributed by atoms with Crippen LogP contribution in [0.2, 0.25) is 0 Å². The summed E-state index contributed by atoms with van der Waals surface area (Å²) in [5.41, 5.74) is 0.418. The summed E-state index contributed by atoms with van der Waals surface area (Å²) in [5.74, 6) is -1.67. The molecule has 0 spiro atoms. The van der Waals surface area contributed by atoms with Gasteiger partial charge in [0.05, 0.1) is 5.92 Å². The van der Waals surface area contributed by atoms with E-state index in [1.807, 2.05) is 0 Å². The SMILES string of the molecule is O=C(NC1CCC(C(=O)O)CC1)c1ccc(F)cc1. The van der Waals surface area contributed by atoms with Gasteiger partial charge in [-0.1, -0.05) is 0 Å². The molecule has 0 aliphatic heterocycles. The number of hydrogen-bond donors (Lipinski definition) is 2. The van der Waals surface area contributed by atoms with Crippen molar-refractivity contribution in [3.8, 4) is 0 Å². The van der Waals surface area contributed by atoms with E-state index in [-0.39, 0.29) is 23.7 Å². The molecule has 1 fully saturated rings. The van der Waals surface area contributed by atoms with E-state index >= 15 is 0 Å². The third-order valence-electron chi connectivity index (χ3n) is 3.52. The second kappa shape index (κ2) is 5.82. The van der Waals surface area contributed by atoms with Gasteiger partial charge in [0.2, 0.25) is 0 Å². The van der Waals surface area contributed by atoms with Gasteiger partial charge in [0.15, 0.2) is 0 Å². The first-order valence-electron chi connectivity index (χ1n) is 6.35. The lowest BCUT2D eigenvalue weighted by molar-refractivity contribution is -0.142. The Morgan fingerprint density at radius 2 is 1.68 bits per heavy atom. The molecular formula is C14H16FNO3. The molecule has 4 nitrogen and oxygen atoms in total. The van der Waals surface area contributed by atoms with E-state index in [9.17, 15) is 14.0 Å². The van der Waals surface area contributed by atoms with Gasteiger partial charge in [-0.15, -0.1) is 0 Å². The Morgan fingerprint density at radius 3 is 2.21 bits per heavy atom. The summed E-state index contributed by atoms with van der Waals surface area (Å²) >= 11 is 0. The molecule has 5 heteroatoms. The number of benzene rings is 1. The quantitative estimate of drug-likeness (QED) is 0.880. The molecule has 0 heterocycles. The van der Waals surface area contributed by atoms with Crippen molar-refractivity contribution in [1.82, 2.24) is 5.32 Å². The summed E-state index contributed by atoms with van der Waals surface area (Å²) in [5, 5.41) is 11.7. The topological polar surface area (TPSA) is 66.4 Å². The molecule has 0 bridgehead atoms. The highest BCUT2D eigenvalue weighted by molar-refractivity contribution is 5.94. The van der Waals surface area contributed by atoms with E-state index in [1.165, 1.54) is 24.3 Å². The zero-order chi connectivity index (χ0) is 13.8. The highest BCUT2D eigenvalue weighted by Crippen LogP contribution is 2.24. The number of carboxylic acid groups (broad SMARTS) is 1. The van der Waals surface area contributed by atoms with E-state index < -0.39 is 5.97 Å². The second-order valence-electron chi connectivity index (χ2n) is 4.87. The van der Waals surface area contributed by atoms with Crippen molar-refractivity contribution in [2.24, 2.45) is 5.92 Å². The Bertz CT molecular complexity index is 464. The lowest BCUT2D eigenvalue weighted by atomic mass is 9.86. The van der Waals surface area contributed by atoms with Crippen LogP contribution in [-0.4, -0.2) is 23.0 Å². The molecule has 0 radical (unpaired) electrons. The van der Waals surface area contributed by atoms with E-state index in [4.69, 9.17) is 5.11 Å². The predicted molar refractivity (Wildman–Crippen MR) is 67.2 cm³/mol. The molecule has 102 valence electrons. The number of halogens is 1. The van der Waals surface area contributed by atoms with E-state index in [1.54, 1.807) is 0 Å². The Morgan fingerprint density at radius 1 is 1.11 bits per heavy atom. The average molecular weight is 265 g/mol. The summed E-state index contributed by atoms with van der Waals surface area (Å²) in [4.78, 5) is 22.7. The van der Waals surface area contributed by atoms with Crippen molar-refractivity contribution >= 4 is 11.9 Å². The van der Waals surface area contributed by atoms with Crippen LogP contribution >= 0.6 is 0 Å². The standard InChI is InChI=1S/C14H16FNO3/c15-11-5-1-9(2-6-11)13(17)16-12-7-3-10(4-8-12)14(18)19/h1-2,5-6,10,12H,3-4,7-8H2,(H,16,17)(H,18,19). The summed E-state index contributed by atoms with van der Waals surface area (Å²) in [6.45, 7) is 0. The largest absolute Gasteiger partial charge is 0.481 e.